The lowest BCUT2D eigenvalue weighted by Crippen LogP contribution is -2.62. The second-order valence-electron chi connectivity index (χ2n) is 20.0. The first-order chi connectivity index (χ1) is 29.2. The summed E-state index contributed by atoms with van der Waals surface area (Å²) in [5.74, 6) is 1.21. The van der Waals surface area contributed by atoms with Crippen molar-refractivity contribution in [1.82, 2.24) is 4.40 Å². The highest BCUT2D eigenvalue weighted by Gasteiger charge is 2.45. The highest BCUT2D eigenvalue weighted by Crippen LogP contribution is 2.46. The van der Waals surface area contributed by atoms with Gasteiger partial charge in [-0.15, -0.1) is 0 Å². The molecule has 0 spiro atoms. The van der Waals surface area contributed by atoms with Crippen LogP contribution in [0.4, 0.5) is 51.3 Å². The van der Waals surface area contributed by atoms with Crippen molar-refractivity contribution < 1.29 is 0 Å². The summed E-state index contributed by atoms with van der Waals surface area (Å²) in [5, 5.41) is 1.44. The van der Waals surface area contributed by atoms with Gasteiger partial charge in [0.25, 0.3) is 6.71 Å². The summed E-state index contributed by atoms with van der Waals surface area (Å²) in [6.45, 7) is 21.2. The predicted octanol–water partition coefficient (Wildman–Crippen LogP) is 12.6. The molecule has 2 aromatic heterocycles. The topological polar surface area (TPSA) is 14.1 Å². The van der Waals surface area contributed by atoms with E-state index in [1.807, 2.05) is 0 Å². The van der Waals surface area contributed by atoms with Gasteiger partial charge in [0.1, 0.15) is 5.82 Å². The van der Waals surface area contributed by atoms with Crippen LogP contribution in [0.2, 0.25) is 19.6 Å². The monoisotopic (exact) mass is 810 g/mol. The number of hydrogen-bond acceptors (Lipinski definition) is 3. The molecular weight excluding hydrogens is 756 g/mol. The maximum Gasteiger partial charge on any atom is 0.254 e. The van der Waals surface area contributed by atoms with Crippen molar-refractivity contribution in [2.45, 2.75) is 72.0 Å². The summed E-state index contributed by atoms with van der Waals surface area (Å²) in [5.41, 5.74) is 17.4. The second kappa shape index (κ2) is 14.2. The van der Waals surface area contributed by atoms with E-state index >= 15 is 0 Å². The lowest BCUT2D eigenvalue weighted by atomic mass is 9.34. The molecule has 0 atom stereocenters. The summed E-state index contributed by atoms with van der Waals surface area (Å²) < 4.78 is 2.40. The Morgan fingerprint density at radius 1 is 0.475 bits per heavy atom. The van der Waals surface area contributed by atoms with E-state index in [0.29, 0.717) is 0 Å². The number of hydrogen-bond donors (Lipinski definition) is 0. The van der Waals surface area contributed by atoms with E-state index in [-0.39, 0.29) is 17.5 Å². The van der Waals surface area contributed by atoms with Crippen LogP contribution in [0, 0.1) is 0 Å². The van der Waals surface area contributed by atoms with E-state index in [1.54, 1.807) is 0 Å². The Morgan fingerprint density at radius 3 is 1.52 bits per heavy atom. The van der Waals surface area contributed by atoms with Gasteiger partial charge in [-0.3, -0.25) is 4.90 Å². The third kappa shape index (κ3) is 6.60. The molecule has 0 fully saturated rings. The van der Waals surface area contributed by atoms with Crippen LogP contribution in [0.15, 0.2) is 170 Å². The zero-order valence-corrected chi connectivity index (χ0v) is 38.0. The van der Waals surface area contributed by atoms with Gasteiger partial charge >= 0.3 is 0 Å². The molecule has 0 bridgehead atoms. The maximum atomic E-state index is 2.56. The molecule has 61 heavy (non-hydrogen) atoms. The minimum absolute atomic E-state index is 0.0187. The van der Waals surface area contributed by atoms with E-state index in [4.69, 9.17) is 0 Å². The largest absolute Gasteiger partial charge is 0.311 e. The highest BCUT2D eigenvalue weighted by molar-refractivity contribution is 7.00. The van der Waals surface area contributed by atoms with Crippen molar-refractivity contribution in [2.75, 3.05) is 14.7 Å². The number of anilines is 9. The van der Waals surface area contributed by atoms with Gasteiger partial charge < -0.3 is 14.2 Å². The van der Waals surface area contributed by atoms with Gasteiger partial charge in [-0.05, 0) is 129 Å². The zero-order valence-electron chi connectivity index (χ0n) is 37.0. The van der Waals surface area contributed by atoms with Gasteiger partial charge in [0.05, 0.1) is 8.07 Å². The number of aromatic nitrogens is 1. The minimum atomic E-state index is -1.84. The van der Waals surface area contributed by atoms with E-state index in [2.05, 4.69) is 250 Å². The molecule has 0 unspecified atom stereocenters. The Balaban J connectivity index is 1.27. The van der Waals surface area contributed by atoms with Crippen LogP contribution in [0.1, 0.15) is 52.7 Å². The Morgan fingerprint density at radius 2 is 0.984 bits per heavy atom. The second-order valence-corrected chi connectivity index (χ2v) is 25.1. The van der Waals surface area contributed by atoms with Crippen molar-refractivity contribution in [3.63, 3.8) is 0 Å². The van der Waals surface area contributed by atoms with Gasteiger partial charge in [0.15, 0.2) is 0 Å². The van der Waals surface area contributed by atoms with E-state index in [0.717, 1.165) is 22.7 Å². The number of nitrogens with zero attached hydrogens (tertiary/aromatic N) is 4. The fourth-order valence-corrected chi connectivity index (χ4v) is 10.6. The Kier molecular flexibility index (Phi) is 9.05. The molecule has 8 aromatic rings. The molecule has 0 aliphatic carbocycles. The van der Waals surface area contributed by atoms with Crippen LogP contribution < -0.4 is 36.3 Å². The summed E-state index contributed by atoms with van der Waals surface area (Å²) in [4.78, 5) is 7.54. The van der Waals surface area contributed by atoms with Crippen LogP contribution in [-0.2, 0) is 10.8 Å². The van der Waals surface area contributed by atoms with E-state index < -0.39 is 8.07 Å². The first-order valence-corrected chi connectivity index (χ1v) is 25.3. The molecule has 10 rings (SSSR count). The quantitative estimate of drug-likeness (QED) is 0.155. The molecule has 0 saturated heterocycles. The van der Waals surface area contributed by atoms with E-state index in [9.17, 15) is 0 Å². The SMILES string of the molecule is CC(C)(C)c1ccc(N(c2ccc(C(C)(C)C)cc2)c2ccc3c(c2)N(c2ccccc2)c2cc([Si](C)(C)C)cc4c2B3c2cc3ccccn3c2N4c2ccccc2)cc1. The third-order valence-electron chi connectivity index (χ3n) is 12.8. The Labute approximate surface area is 363 Å². The first kappa shape index (κ1) is 38.9. The first-order valence-electron chi connectivity index (χ1n) is 21.8. The number of rotatable bonds is 6. The van der Waals surface area contributed by atoms with Crippen LogP contribution >= 0.6 is 0 Å². The van der Waals surface area contributed by atoms with Crippen LogP contribution in [0.3, 0.4) is 0 Å². The van der Waals surface area contributed by atoms with Crippen molar-refractivity contribution in [3.8, 4) is 0 Å². The Hall–Kier alpha value is -6.24. The summed E-state index contributed by atoms with van der Waals surface area (Å²) in [6.07, 6.45) is 2.23. The fourth-order valence-electron chi connectivity index (χ4n) is 9.49. The summed E-state index contributed by atoms with van der Waals surface area (Å²) in [7, 11) is -1.84. The molecule has 0 N–H and O–H groups in total. The van der Waals surface area contributed by atoms with Crippen molar-refractivity contribution in [2.24, 2.45) is 0 Å². The normalized spacial score (nSPS) is 13.6. The summed E-state index contributed by atoms with van der Waals surface area (Å²) >= 11 is 0. The number of pyridine rings is 1. The number of para-hydroxylation sites is 2. The molecule has 2 aliphatic rings. The molecule has 302 valence electrons. The minimum Gasteiger partial charge on any atom is -0.311 e. The molecular formula is C55H55BN4Si. The average molecular weight is 811 g/mol. The lowest BCUT2D eigenvalue weighted by Gasteiger charge is -2.44. The Bertz CT molecular complexity index is 2860. The fraction of sp³-hybridized carbons (Fsp3) is 0.200. The molecule has 0 saturated carbocycles. The van der Waals surface area contributed by atoms with Gasteiger partial charge in [-0.2, -0.15) is 0 Å². The van der Waals surface area contributed by atoms with Crippen LogP contribution in [0.25, 0.3) is 5.52 Å². The van der Waals surface area contributed by atoms with E-state index in [1.165, 1.54) is 66.8 Å². The molecule has 6 aromatic carbocycles. The van der Waals surface area contributed by atoms with Crippen LogP contribution in [0.5, 0.6) is 0 Å². The zero-order chi connectivity index (χ0) is 42.4. The van der Waals surface area contributed by atoms with Crippen LogP contribution in [-0.4, -0.2) is 19.2 Å². The van der Waals surface area contributed by atoms with Crippen molar-refractivity contribution in [1.29, 1.82) is 0 Å². The maximum absolute atomic E-state index is 2.56. The predicted molar refractivity (Wildman–Crippen MR) is 266 cm³/mol. The van der Waals surface area contributed by atoms with Gasteiger partial charge in [0, 0.05) is 57.2 Å². The standard InChI is InChI=1S/C55H55BN4Si/c1-54(2,3)38-23-27-42(28-24-38)58(43-29-25-39(26-30-43)55(4,5)6)45-31-32-47-49(35-45)59(40-18-12-10-13-19-40)50-36-46(61(7,8)9)37-51-52(50)56(47)48-34-44-22-16-17-33-57(44)53(48)60(51)41-20-14-11-15-21-41/h10-37H,1-9H3. The van der Waals surface area contributed by atoms with Gasteiger partial charge in [-0.25, -0.2) is 0 Å². The molecule has 2 aliphatic heterocycles. The van der Waals surface area contributed by atoms with Gasteiger partial charge in [-0.1, -0.05) is 139 Å². The average Bonchev–Trinajstić information content (AvgIpc) is 3.63. The van der Waals surface area contributed by atoms with Crippen molar-refractivity contribution in [3.05, 3.63) is 181 Å². The third-order valence-corrected chi connectivity index (χ3v) is 14.8. The number of benzene rings is 6. The molecule has 0 amide bonds. The molecule has 0 radical (unpaired) electrons. The van der Waals surface area contributed by atoms with Crippen molar-refractivity contribution >= 4 is 93.2 Å². The molecule has 6 heteroatoms. The highest BCUT2D eigenvalue weighted by atomic mass is 28.3. The summed E-state index contributed by atoms with van der Waals surface area (Å²) in [6, 6.07) is 61.7. The molecule has 4 nitrogen and oxygen atoms in total. The van der Waals surface area contributed by atoms with Gasteiger partial charge in [0.2, 0.25) is 0 Å². The molecule has 4 heterocycles. The smallest absolute Gasteiger partial charge is 0.254 e. The lowest BCUT2D eigenvalue weighted by molar-refractivity contribution is 0.590. The number of fused-ring (bicyclic) bond motifs is 6.